The molecule has 0 unspecified atom stereocenters. The molecule has 0 radical (unpaired) electrons. The zero-order valence-corrected chi connectivity index (χ0v) is 18.7. The van der Waals surface area contributed by atoms with E-state index in [-0.39, 0.29) is 12.4 Å². The van der Waals surface area contributed by atoms with Crippen LogP contribution in [0.5, 0.6) is 0 Å². The number of aromatic nitrogens is 2. The van der Waals surface area contributed by atoms with Crippen LogP contribution in [0.4, 0.5) is 15.9 Å². The SMILES string of the molecule is NCc1cc(N(C=O)Cc2cccnc2)c(NCCc2cccc(F)c2)nc1-c1ccccc1. The number of rotatable bonds is 10. The van der Waals surface area contributed by atoms with Crippen LogP contribution in [0.25, 0.3) is 11.3 Å². The highest BCUT2D eigenvalue weighted by Crippen LogP contribution is 2.32. The summed E-state index contributed by atoms with van der Waals surface area (Å²) in [6, 6.07) is 22.0. The summed E-state index contributed by atoms with van der Waals surface area (Å²) in [5, 5.41) is 3.35. The molecule has 0 aliphatic carbocycles. The van der Waals surface area contributed by atoms with Crippen molar-refractivity contribution in [2.24, 2.45) is 5.73 Å². The number of nitrogens with two attached hydrogens (primary N) is 1. The molecule has 2 heterocycles. The summed E-state index contributed by atoms with van der Waals surface area (Å²) in [5.41, 5.74) is 11.0. The van der Waals surface area contributed by atoms with Crippen LogP contribution in [0.2, 0.25) is 0 Å². The van der Waals surface area contributed by atoms with Crippen LogP contribution in [0.3, 0.4) is 0 Å². The molecule has 0 spiro atoms. The minimum Gasteiger partial charge on any atom is -0.368 e. The van der Waals surface area contributed by atoms with Crippen LogP contribution in [0.1, 0.15) is 16.7 Å². The van der Waals surface area contributed by atoms with Crippen LogP contribution in [-0.4, -0.2) is 22.9 Å². The Morgan fingerprint density at radius 2 is 1.82 bits per heavy atom. The van der Waals surface area contributed by atoms with Gasteiger partial charge in [0, 0.05) is 31.0 Å². The van der Waals surface area contributed by atoms with E-state index in [9.17, 15) is 9.18 Å². The zero-order valence-electron chi connectivity index (χ0n) is 18.7. The molecule has 3 N–H and O–H groups in total. The molecule has 0 saturated carbocycles. The number of carbonyl (C=O) groups is 1. The number of hydrogen-bond donors (Lipinski definition) is 2. The summed E-state index contributed by atoms with van der Waals surface area (Å²) in [6.45, 7) is 1.12. The molecule has 0 bridgehead atoms. The van der Waals surface area contributed by atoms with Crippen LogP contribution in [-0.2, 0) is 24.3 Å². The van der Waals surface area contributed by atoms with Crippen molar-refractivity contribution in [1.82, 2.24) is 9.97 Å². The van der Waals surface area contributed by atoms with Gasteiger partial charge in [0.1, 0.15) is 5.82 Å². The number of amides is 1. The Labute approximate surface area is 198 Å². The van der Waals surface area contributed by atoms with E-state index in [0.717, 1.165) is 34.4 Å². The van der Waals surface area contributed by atoms with Gasteiger partial charge in [-0.2, -0.15) is 0 Å². The van der Waals surface area contributed by atoms with Gasteiger partial charge in [0.05, 0.1) is 17.9 Å². The first-order valence-corrected chi connectivity index (χ1v) is 11.1. The van der Waals surface area contributed by atoms with Crippen molar-refractivity contribution >= 4 is 17.9 Å². The lowest BCUT2D eigenvalue weighted by Crippen LogP contribution is -2.23. The Morgan fingerprint density at radius 1 is 1.00 bits per heavy atom. The Kier molecular flexibility index (Phi) is 7.57. The Bertz CT molecular complexity index is 1230. The molecule has 1 amide bonds. The molecular weight excluding hydrogens is 429 g/mol. The van der Waals surface area contributed by atoms with E-state index < -0.39 is 0 Å². The van der Waals surface area contributed by atoms with Gasteiger partial charge in [-0.3, -0.25) is 9.78 Å². The largest absolute Gasteiger partial charge is 0.368 e. The summed E-state index contributed by atoms with van der Waals surface area (Å²) in [7, 11) is 0. The van der Waals surface area contributed by atoms with Crippen LogP contribution in [0, 0.1) is 5.82 Å². The maximum Gasteiger partial charge on any atom is 0.214 e. The Morgan fingerprint density at radius 3 is 2.53 bits per heavy atom. The molecule has 7 heteroatoms. The van der Waals surface area contributed by atoms with Gasteiger partial charge < -0.3 is 16.0 Å². The van der Waals surface area contributed by atoms with Crippen molar-refractivity contribution in [1.29, 1.82) is 0 Å². The lowest BCUT2D eigenvalue weighted by molar-refractivity contribution is -0.107. The summed E-state index contributed by atoms with van der Waals surface area (Å²) in [6.07, 6.45) is 4.80. The number of nitrogens with one attached hydrogen (secondary N) is 1. The second-order valence-electron chi connectivity index (χ2n) is 7.84. The molecule has 0 fully saturated rings. The molecular formula is C27H26FN5O. The molecule has 4 rings (SSSR count). The van der Waals surface area contributed by atoms with Gasteiger partial charge >= 0.3 is 0 Å². The molecule has 172 valence electrons. The van der Waals surface area contributed by atoms with E-state index in [1.165, 1.54) is 12.1 Å². The van der Waals surface area contributed by atoms with E-state index in [0.29, 0.717) is 31.0 Å². The van der Waals surface area contributed by atoms with Gasteiger partial charge in [-0.1, -0.05) is 48.5 Å². The number of nitrogens with zero attached hydrogens (tertiary/aromatic N) is 3. The highest BCUT2D eigenvalue weighted by Gasteiger charge is 2.18. The molecule has 6 nitrogen and oxygen atoms in total. The third-order valence-electron chi connectivity index (χ3n) is 5.46. The predicted molar refractivity (Wildman–Crippen MR) is 133 cm³/mol. The molecule has 2 aromatic carbocycles. The van der Waals surface area contributed by atoms with Crippen molar-refractivity contribution in [2.45, 2.75) is 19.5 Å². The van der Waals surface area contributed by atoms with E-state index in [1.807, 2.05) is 54.6 Å². The smallest absolute Gasteiger partial charge is 0.214 e. The number of carbonyl (C=O) groups excluding carboxylic acids is 1. The number of anilines is 2. The monoisotopic (exact) mass is 455 g/mol. The lowest BCUT2D eigenvalue weighted by atomic mass is 10.0. The first kappa shape index (κ1) is 23.1. The van der Waals surface area contributed by atoms with Crippen LogP contribution < -0.4 is 16.0 Å². The second-order valence-corrected chi connectivity index (χ2v) is 7.84. The van der Waals surface area contributed by atoms with Crippen molar-refractivity contribution in [3.63, 3.8) is 0 Å². The third kappa shape index (κ3) is 5.63. The minimum atomic E-state index is -0.265. The predicted octanol–water partition coefficient (Wildman–Crippen LogP) is 4.56. The minimum absolute atomic E-state index is 0.265. The van der Waals surface area contributed by atoms with Gasteiger partial charge in [-0.25, -0.2) is 9.37 Å². The average molecular weight is 456 g/mol. The maximum absolute atomic E-state index is 13.6. The van der Waals surface area contributed by atoms with Crippen molar-refractivity contribution < 1.29 is 9.18 Å². The Balaban J connectivity index is 1.69. The maximum atomic E-state index is 13.6. The second kappa shape index (κ2) is 11.2. The van der Waals surface area contributed by atoms with Gasteiger partial charge in [0.15, 0.2) is 5.82 Å². The van der Waals surface area contributed by atoms with E-state index in [1.54, 1.807) is 23.4 Å². The van der Waals surface area contributed by atoms with Crippen molar-refractivity contribution in [2.75, 3.05) is 16.8 Å². The quantitative estimate of drug-likeness (QED) is 0.343. The molecule has 4 aromatic rings. The van der Waals surface area contributed by atoms with Crippen molar-refractivity contribution in [3.8, 4) is 11.3 Å². The first-order chi connectivity index (χ1) is 16.7. The van der Waals surface area contributed by atoms with Crippen molar-refractivity contribution in [3.05, 3.63) is 108 Å². The number of halogens is 1. The van der Waals surface area contributed by atoms with E-state index >= 15 is 0 Å². The average Bonchev–Trinajstić information content (AvgIpc) is 2.88. The molecule has 0 aliphatic heterocycles. The summed E-state index contributed by atoms with van der Waals surface area (Å²) >= 11 is 0. The molecule has 34 heavy (non-hydrogen) atoms. The fourth-order valence-electron chi connectivity index (χ4n) is 3.78. The van der Waals surface area contributed by atoms with Crippen LogP contribution >= 0.6 is 0 Å². The lowest BCUT2D eigenvalue weighted by Gasteiger charge is -2.23. The topological polar surface area (TPSA) is 84.1 Å². The fraction of sp³-hybridized carbons (Fsp3) is 0.148. The summed E-state index contributed by atoms with van der Waals surface area (Å²) in [5.74, 6) is 0.294. The molecule has 0 saturated heterocycles. The van der Waals surface area contributed by atoms with Gasteiger partial charge in [0.25, 0.3) is 0 Å². The van der Waals surface area contributed by atoms with E-state index in [4.69, 9.17) is 10.7 Å². The van der Waals surface area contributed by atoms with Gasteiger partial charge in [-0.15, -0.1) is 0 Å². The summed E-state index contributed by atoms with van der Waals surface area (Å²) in [4.78, 5) is 22.7. The number of pyridine rings is 2. The number of hydrogen-bond acceptors (Lipinski definition) is 5. The zero-order chi connectivity index (χ0) is 23.8. The standard InChI is InChI=1S/C27H26FN5O/c28-24-10-4-6-20(14-24)11-13-31-27-25(33(19-34)18-21-7-5-12-30-17-21)15-23(16-29)26(32-27)22-8-2-1-3-9-22/h1-10,12,14-15,17,19H,11,13,16,18,29H2,(H,31,32). The molecule has 0 atom stereocenters. The van der Waals surface area contributed by atoms with Gasteiger partial charge in [0.2, 0.25) is 6.41 Å². The number of benzene rings is 2. The molecule has 0 aliphatic rings. The normalized spacial score (nSPS) is 10.6. The fourth-order valence-corrected chi connectivity index (χ4v) is 3.78. The summed E-state index contributed by atoms with van der Waals surface area (Å²) < 4.78 is 13.6. The van der Waals surface area contributed by atoms with E-state index in [2.05, 4.69) is 10.3 Å². The third-order valence-corrected chi connectivity index (χ3v) is 5.46. The Hall–Kier alpha value is -4.10. The van der Waals surface area contributed by atoms with Crippen LogP contribution in [0.15, 0.2) is 85.2 Å². The molecule has 2 aromatic heterocycles. The van der Waals surface area contributed by atoms with Gasteiger partial charge in [-0.05, 0) is 47.4 Å². The first-order valence-electron chi connectivity index (χ1n) is 11.1. The highest BCUT2D eigenvalue weighted by atomic mass is 19.1. The highest BCUT2D eigenvalue weighted by molar-refractivity contribution is 5.84.